The summed E-state index contributed by atoms with van der Waals surface area (Å²) in [5.41, 5.74) is 0. The molecule has 0 saturated heterocycles. The molecule has 0 radical (unpaired) electrons. The maximum atomic E-state index is 11.2. The van der Waals surface area contributed by atoms with Crippen LogP contribution in [0.1, 0.15) is 17.5 Å². The van der Waals surface area contributed by atoms with Crippen molar-refractivity contribution in [2.45, 2.75) is 6.92 Å². The SMILES string of the molecule is CCNC(=O)NC(=O)COC(=O)c1ccco1. The van der Waals surface area contributed by atoms with Crippen LogP contribution in [0.2, 0.25) is 0 Å². The van der Waals surface area contributed by atoms with Gasteiger partial charge in [-0.05, 0) is 19.1 Å². The fraction of sp³-hybridized carbons (Fsp3) is 0.300. The molecule has 0 aliphatic carbocycles. The molecule has 0 spiro atoms. The largest absolute Gasteiger partial charge is 0.457 e. The minimum Gasteiger partial charge on any atom is -0.457 e. The summed E-state index contributed by atoms with van der Waals surface area (Å²) in [4.78, 5) is 33.3. The second-order valence-corrected chi connectivity index (χ2v) is 2.96. The first-order valence-electron chi connectivity index (χ1n) is 4.91. The van der Waals surface area contributed by atoms with E-state index in [2.05, 4.69) is 10.1 Å². The Kier molecular flexibility index (Phi) is 4.74. The molecule has 0 fully saturated rings. The monoisotopic (exact) mass is 240 g/mol. The molecule has 92 valence electrons. The molecule has 1 rings (SSSR count). The van der Waals surface area contributed by atoms with Gasteiger partial charge in [-0.2, -0.15) is 0 Å². The van der Waals surface area contributed by atoms with Gasteiger partial charge in [-0.3, -0.25) is 10.1 Å². The highest BCUT2D eigenvalue weighted by Gasteiger charge is 2.13. The molecule has 0 aromatic carbocycles. The first-order valence-corrected chi connectivity index (χ1v) is 4.91. The Balaban J connectivity index is 2.29. The Morgan fingerprint density at radius 1 is 1.41 bits per heavy atom. The van der Waals surface area contributed by atoms with Gasteiger partial charge >= 0.3 is 12.0 Å². The van der Waals surface area contributed by atoms with Gasteiger partial charge in [0.05, 0.1) is 6.26 Å². The minimum absolute atomic E-state index is 0.00388. The number of esters is 1. The number of hydrogen-bond donors (Lipinski definition) is 2. The van der Waals surface area contributed by atoms with Gasteiger partial charge in [0.25, 0.3) is 5.91 Å². The van der Waals surface area contributed by atoms with Crippen molar-refractivity contribution in [2.24, 2.45) is 0 Å². The number of rotatable bonds is 4. The van der Waals surface area contributed by atoms with Crippen molar-refractivity contribution in [3.8, 4) is 0 Å². The maximum Gasteiger partial charge on any atom is 0.374 e. The van der Waals surface area contributed by atoms with Crippen molar-refractivity contribution in [3.63, 3.8) is 0 Å². The molecular formula is C10H12N2O5. The number of nitrogens with one attached hydrogen (secondary N) is 2. The Hall–Kier alpha value is -2.31. The summed E-state index contributed by atoms with van der Waals surface area (Å²) in [5, 5.41) is 4.35. The molecular weight excluding hydrogens is 228 g/mol. The highest BCUT2D eigenvalue weighted by molar-refractivity contribution is 5.96. The van der Waals surface area contributed by atoms with Crippen molar-refractivity contribution in [3.05, 3.63) is 24.2 Å². The van der Waals surface area contributed by atoms with Gasteiger partial charge in [-0.25, -0.2) is 9.59 Å². The van der Waals surface area contributed by atoms with Gasteiger partial charge in [-0.1, -0.05) is 0 Å². The van der Waals surface area contributed by atoms with E-state index in [4.69, 9.17) is 4.42 Å². The lowest BCUT2D eigenvalue weighted by Crippen LogP contribution is -2.41. The van der Waals surface area contributed by atoms with Gasteiger partial charge in [0.2, 0.25) is 5.76 Å². The molecule has 1 aromatic rings. The fourth-order valence-electron chi connectivity index (χ4n) is 0.964. The van der Waals surface area contributed by atoms with E-state index in [1.165, 1.54) is 18.4 Å². The molecule has 1 aromatic heterocycles. The number of carbonyl (C=O) groups excluding carboxylic acids is 3. The highest BCUT2D eigenvalue weighted by Crippen LogP contribution is 2.01. The zero-order chi connectivity index (χ0) is 12.7. The third-order valence-corrected chi connectivity index (χ3v) is 1.65. The number of furan rings is 1. The summed E-state index contributed by atoms with van der Waals surface area (Å²) in [5.74, 6) is -1.48. The van der Waals surface area contributed by atoms with Crippen LogP contribution in [0, 0.1) is 0 Å². The van der Waals surface area contributed by atoms with Gasteiger partial charge in [0, 0.05) is 6.54 Å². The molecule has 0 atom stereocenters. The third-order valence-electron chi connectivity index (χ3n) is 1.65. The van der Waals surface area contributed by atoms with Crippen LogP contribution in [-0.4, -0.2) is 31.1 Å². The summed E-state index contributed by atoms with van der Waals surface area (Å²) in [6.07, 6.45) is 1.31. The van der Waals surface area contributed by atoms with Crippen LogP contribution in [-0.2, 0) is 9.53 Å². The number of hydrogen-bond acceptors (Lipinski definition) is 5. The first-order chi connectivity index (χ1) is 8.13. The average Bonchev–Trinajstić information content (AvgIpc) is 2.79. The van der Waals surface area contributed by atoms with Gasteiger partial charge in [0.15, 0.2) is 6.61 Å². The lowest BCUT2D eigenvalue weighted by atomic mass is 10.4. The number of ether oxygens (including phenoxy) is 1. The molecule has 0 aliphatic heterocycles. The normalized spacial score (nSPS) is 9.47. The summed E-state index contributed by atoms with van der Waals surface area (Å²) in [6.45, 7) is 1.56. The van der Waals surface area contributed by atoms with Crippen LogP contribution >= 0.6 is 0 Å². The van der Waals surface area contributed by atoms with Crippen LogP contribution in [0.25, 0.3) is 0 Å². The molecule has 0 bridgehead atoms. The number of imide groups is 1. The number of amides is 3. The van der Waals surface area contributed by atoms with E-state index in [0.29, 0.717) is 6.54 Å². The van der Waals surface area contributed by atoms with Gasteiger partial charge in [0.1, 0.15) is 0 Å². The summed E-state index contributed by atoms with van der Waals surface area (Å²) < 4.78 is 9.36. The average molecular weight is 240 g/mol. The molecule has 7 heteroatoms. The minimum atomic E-state index is -0.763. The predicted molar refractivity (Wildman–Crippen MR) is 56.2 cm³/mol. The summed E-state index contributed by atoms with van der Waals surface area (Å²) >= 11 is 0. The predicted octanol–water partition coefficient (Wildman–Crippen LogP) is 0.282. The molecule has 7 nitrogen and oxygen atoms in total. The molecule has 2 N–H and O–H groups in total. The standard InChI is InChI=1S/C10H12N2O5/c1-2-11-10(15)12-8(13)6-17-9(14)7-4-3-5-16-7/h3-5H,2,6H2,1H3,(H2,11,12,13,15). The van der Waals surface area contributed by atoms with E-state index in [1.807, 2.05) is 5.32 Å². The van der Waals surface area contributed by atoms with Crippen LogP contribution in [0.4, 0.5) is 4.79 Å². The quantitative estimate of drug-likeness (QED) is 0.737. The molecule has 3 amide bonds. The van der Waals surface area contributed by atoms with E-state index in [1.54, 1.807) is 6.92 Å². The highest BCUT2D eigenvalue weighted by atomic mass is 16.5. The molecule has 0 saturated carbocycles. The van der Waals surface area contributed by atoms with Crippen LogP contribution in [0.15, 0.2) is 22.8 Å². The van der Waals surface area contributed by atoms with E-state index < -0.39 is 24.5 Å². The molecule has 0 aliphatic rings. The van der Waals surface area contributed by atoms with E-state index in [9.17, 15) is 14.4 Å². The Morgan fingerprint density at radius 3 is 2.76 bits per heavy atom. The van der Waals surface area contributed by atoms with Crippen LogP contribution in [0.3, 0.4) is 0 Å². The molecule has 0 unspecified atom stereocenters. The Labute approximate surface area is 97.1 Å². The van der Waals surface area contributed by atoms with Crippen molar-refractivity contribution < 1.29 is 23.5 Å². The topological polar surface area (TPSA) is 97.6 Å². The molecule has 1 heterocycles. The van der Waals surface area contributed by atoms with Crippen molar-refractivity contribution >= 4 is 17.9 Å². The maximum absolute atomic E-state index is 11.2. The second kappa shape index (κ2) is 6.31. The smallest absolute Gasteiger partial charge is 0.374 e. The summed E-state index contributed by atoms with van der Waals surface area (Å²) in [6, 6.07) is 2.29. The lowest BCUT2D eigenvalue weighted by Gasteiger charge is -2.04. The fourth-order valence-corrected chi connectivity index (χ4v) is 0.964. The van der Waals surface area contributed by atoms with Crippen molar-refractivity contribution in [2.75, 3.05) is 13.2 Å². The van der Waals surface area contributed by atoms with Gasteiger partial charge in [-0.15, -0.1) is 0 Å². The number of urea groups is 1. The zero-order valence-electron chi connectivity index (χ0n) is 9.19. The Bertz CT molecular complexity index is 399. The summed E-state index contributed by atoms with van der Waals surface area (Å²) in [7, 11) is 0. The van der Waals surface area contributed by atoms with Crippen LogP contribution < -0.4 is 10.6 Å². The zero-order valence-corrected chi connectivity index (χ0v) is 9.19. The lowest BCUT2D eigenvalue weighted by molar-refractivity contribution is -0.123. The number of carbonyl (C=O) groups is 3. The second-order valence-electron chi connectivity index (χ2n) is 2.96. The third kappa shape index (κ3) is 4.37. The van der Waals surface area contributed by atoms with E-state index in [-0.39, 0.29) is 5.76 Å². The van der Waals surface area contributed by atoms with Crippen molar-refractivity contribution in [1.29, 1.82) is 0 Å². The molecule has 17 heavy (non-hydrogen) atoms. The first kappa shape index (κ1) is 12.8. The van der Waals surface area contributed by atoms with Gasteiger partial charge < -0.3 is 14.5 Å². The van der Waals surface area contributed by atoms with Crippen LogP contribution in [0.5, 0.6) is 0 Å². The Morgan fingerprint density at radius 2 is 2.18 bits per heavy atom. The van der Waals surface area contributed by atoms with E-state index >= 15 is 0 Å². The van der Waals surface area contributed by atoms with E-state index in [0.717, 1.165) is 0 Å². The van der Waals surface area contributed by atoms with Crippen molar-refractivity contribution in [1.82, 2.24) is 10.6 Å².